The SMILES string of the molecule is CC(=O)N1CCC(c2nn(CC(=O)NCC(=O)NCC(=O)NCc3nn[nH]n3)c3cccc(-c4cc5c(cnn5C)cc4F)c23)CC1. The summed E-state index contributed by atoms with van der Waals surface area (Å²) in [6.07, 6.45) is 2.94. The van der Waals surface area contributed by atoms with E-state index in [0.29, 0.717) is 53.8 Å². The van der Waals surface area contributed by atoms with Crippen molar-refractivity contribution in [2.24, 2.45) is 7.05 Å². The number of benzene rings is 2. The Bertz CT molecular complexity index is 1960. The molecule has 0 bridgehead atoms. The smallest absolute Gasteiger partial charge is 0.242 e. The summed E-state index contributed by atoms with van der Waals surface area (Å²) in [5, 5.41) is 31.2. The first-order chi connectivity index (χ1) is 22.7. The minimum Gasteiger partial charge on any atom is -0.347 e. The van der Waals surface area contributed by atoms with E-state index in [1.807, 2.05) is 12.1 Å². The van der Waals surface area contributed by atoms with Gasteiger partial charge in [0.1, 0.15) is 12.4 Å². The summed E-state index contributed by atoms with van der Waals surface area (Å²) in [5.41, 5.74) is 3.14. The molecule has 244 valence electrons. The van der Waals surface area contributed by atoms with Gasteiger partial charge in [-0.3, -0.25) is 28.5 Å². The molecule has 1 aliphatic heterocycles. The zero-order chi connectivity index (χ0) is 33.1. The molecule has 0 saturated carbocycles. The molecule has 1 fully saturated rings. The zero-order valence-corrected chi connectivity index (χ0v) is 25.8. The Hall–Kier alpha value is -5.74. The van der Waals surface area contributed by atoms with Crippen molar-refractivity contribution < 1.29 is 23.6 Å². The lowest BCUT2D eigenvalue weighted by atomic mass is 9.89. The Morgan fingerprint density at radius 1 is 0.979 bits per heavy atom. The van der Waals surface area contributed by atoms with E-state index in [4.69, 9.17) is 5.10 Å². The Labute approximate surface area is 267 Å². The second-order valence-electron chi connectivity index (χ2n) is 11.3. The first kappa shape index (κ1) is 31.3. The molecule has 0 atom stereocenters. The maximum Gasteiger partial charge on any atom is 0.242 e. The number of nitrogens with one attached hydrogen (secondary N) is 4. The second-order valence-corrected chi connectivity index (χ2v) is 11.3. The fourth-order valence-electron chi connectivity index (χ4n) is 5.84. The molecule has 1 saturated heterocycles. The fourth-order valence-corrected chi connectivity index (χ4v) is 5.84. The van der Waals surface area contributed by atoms with Crippen LogP contribution in [0.4, 0.5) is 4.39 Å². The number of aryl methyl sites for hydroxylation is 1. The van der Waals surface area contributed by atoms with Crippen LogP contribution in [0.5, 0.6) is 0 Å². The van der Waals surface area contributed by atoms with Crippen LogP contribution >= 0.6 is 0 Å². The minimum atomic E-state index is -0.556. The maximum absolute atomic E-state index is 15.6. The van der Waals surface area contributed by atoms with Crippen molar-refractivity contribution in [2.45, 2.75) is 38.8 Å². The highest BCUT2D eigenvalue weighted by molar-refractivity contribution is 6.00. The molecular weight excluding hydrogens is 611 g/mol. The Morgan fingerprint density at radius 3 is 2.45 bits per heavy atom. The van der Waals surface area contributed by atoms with Crippen molar-refractivity contribution in [3.05, 3.63) is 53.9 Å². The molecule has 1 aliphatic rings. The molecule has 0 unspecified atom stereocenters. The molecule has 0 spiro atoms. The zero-order valence-electron chi connectivity index (χ0n) is 25.8. The standard InChI is InChI=1S/C30H33FN12O4/c1-17(44)42-8-6-18(7-9-42)30-29-20(21-11-24-19(10-22(21)31)12-35-41(24)2)4-3-5-23(29)43(38-30)16-28(47)34-15-27(46)33-14-26(45)32-13-25-36-39-40-37-25/h3-5,10-12,18H,6-9,13-16H2,1-2H3,(H,32,45)(H,33,46)(H,34,47)(H,36,37,39,40). The van der Waals surface area contributed by atoms with Gasteiger partial charge in [-0.2, -0.15) is 15.4 Å². The molecule has 4 heterocycles. The largest absolute Gasteiger partial charge is 0.347 e. The van der Waals surface area contributed by atoms with Crippen LogP contribution in [0.1, 0.15) is 37.2 Å². The van der Waals surface area contributed by atoms with Crippen LogP contribution in [0.2, 0.25) is 0 Å². The van der Waals surface area contributed by atoms with E-state index in [9.17, 15) is 19.2 Å². The number of fused-ring (bicyclic) bond motifs is 2. The third-order valence-corrected chi connectivity index (χ3v) is 8.28. The molecule has 17 heteroatoms. The van der Waals surface area contributed by atoms with Crippen LogP contribution in [0.3, 0.4) is 0 Å². The van der Waals surface area contributed by atoms with Crippen molar-refractivity contribution in [3.63, 3.8) is 0 Å². The summed E-state index contributed by atoms with van der Waals surface area (Å²) in [7, 11) is 1.79. The lowest BCUT2D eigenvalue weighted by Crippen LogP contribution is -2.42. The second kappa shape index (κ2) is 13.3. The number of hydrogen-bond acceptors (Lipinski definition) is 9. The number of carbonyl (C=O) groups excluding carboxylic acids is 4. The highest BCUT2D eigenvalue weighted by Gasteiger charge is 2.28. The number of hydrogen-bond donors (Lipinski definition) is 4. The van der Waals surface area contributed by atoms with Gasteiger partial charge < -0.3 is 20.9 Å². The lowest BCUT2D eigenvalue weighted by molar-refractivity contribution is -0.130. The van der Waals surface area contributed by atoms with E-state index in [0.717, 1.165) is 16.6 Å². The maximum atomic E-state index is 15.6. The summed E-state index contributed by atoms with van der Waals surface area (Å²) < 4.78 is 18.9. The number of rotatable bonds is 10. The number of aromatic amines is 1. The topological polar surface area (TPSA) is 198 Å². The number of aromatic nitrogens is 8. The van der Waals surface area contributed by atoms with Gasteiger partial charge in [0, 0.05) is 49.3 Å². The van der Waals surface area contributed by atoms with Gasteiger partial charge in [0.25, 0.3) is 0 Å². The van der Waals surface area contributed by atoms with E-state index in [1.165, 1.54) is 6.07 Å². The first-order valence-electron chi connectivity index (χ1n) is 15.1. The van der Waals surface area contributed by atoms with E-state index in [1.54, 1.807) is 46.6 Å². The molecule has 0 radical (unpaired) electrons. The monoisotopic (exact) mass is 644 g/mol. The average Bonchev–Trinajstić information content (AvgIpc) is 3.81. The van der Waals surface area contributed by atoms with Crippen molar-refractivity contribution in [3.8, 4) is 11.1 Å². The van der Waals surface area contributed by atoms with Crippen molar-refractivity contribution in [1.82, 2.24) is 61.0 Å². The number of H-pyrrole nitrogens is 1. The summed E-state index contributed by atoms with van der Waals surface area (Å²) in [4.78, 5) is 51.1. The van der Waals surface area contributed by atoms with Crippen LogP contribution in [-0.2, 0) is 39.3 Å². The average molecular weight is 645 g/mol. The number of likely N-dealkylation sites (tertiary alicyclic amines) is 1. The van der Waals surface area contributed by atoms with Gasteiger partial charge in [-0.25, -0.2) is 4.39 Å². The molecular formula is C30H33FN12O4. The third-order valence-electron chi connectivity index (χ3n) is 8.28. The quantitative estimate of drug-likeness (QED) is 0.167. The van der Waals surface area contributed by atoms with Crippen molar-refractivity contribution in [2.75, 3.05) is 26.2 Å². The number of carbonyl (C=O) groups is 4. The van der Waals surface area contributed by atoms with Crippen LogP contribution < -0.4 is 16.0 Å². The predicted octanol–water partition coefficient (Wildman–Crippen LogP) is 0.517. The molecule has 2 aromatic carbocycles. The number of amides is 4. The summed E-state index contributed by atoms with van der Waals surface area (Å²) >= 11 is 0. The van der Waals surface area contributed by atoms with Gasteiger partial charge in [0.15, 0.2) is 5.82 Å². The van der Waals surface area contributed by atoms with Gasteiger partial charge in [0.05, 0.1) is 42.6 Å². The summed E-state index contributed by atoms with van der Waals surface area (Å²) in [6, 6.07) is 8.68. The minimum absolute atomic E-state index is 0.0104. The Morgan fingerprint density at radius 2 is 1.72 bits per heavy atom. The van der Waals surface area contributed by atoms with Gasteiger partial charge in [-0.1, -0.05) is 17.3 Å². The lowest BCUT2D eigenvalue weighted by Gasteiger charge is -2.30. The first-order valence-corrected chi connectivity index (χ1v) is 15.1. The molecule has 16 nitrogen and oxygen atoms in total. The number of nitrogens with zero attached hydrogens (tertiary/aromatic N) is 8. The molecule has 3 aromatic heterocycles. The highest BCUT2D eigenvalue weighted by Crippen LogP contribution is 2.39. The van der Waals surface area contributed by atoms with E-state index in [-0.39, 0.29) is 38.0 Å². The Kier molecular flexibility index (Phi) is 8.86. The number of tetrazole rings is 1. The Balaban J connectivity index is 1.21. The molecule has 4 amide bonds. The van der Waals surface area contributed by atoms with Gasteiger partial charge in [0.2, 0.25) is 23.6 Å². The molecule has 0 aliphatic carbocycles. The number of halogens is 1. The summed E-state index contributed by atoms with van der Waals surface area (Å²) in [6.45, 7) is 1.87. The van der Waals surface area contributed by atoms with Crippen LogP contribution in [-0.4, -0.2) is 94.9 Å². The van der Waals surface area contributed by atoms with Crippen molar-refractivity contribution in [1.29, 1.82) is 0 Å². The molecule has 4 N–H and O–H groups in total. The summed E-state index contributed by atoms with van der Waals surface area (Å²) in [5.74, 6) is -1.63. The van der Waals surface area contributed by atoms with Gasteiger partial charge >= 0.3 is 0 Å². The fraction of sp³-hybridized carbons (Fsp3) is 0.367. The van der Waals surface area contributed by atoms with Gasteiger partial charge in [-0.05, 0) is 36.6 Å². The van der Waals surface area contributed by atoms with Crippen LogP contribution in [0, 0.1) is 5.82 Å². The molecule has 47 heavy (non-hydrogen) atoms. The van der Waals surface area contributed by atoms with Crippen LogP contribution in [0.25, 0.3) is 32.9 Å². The van der Waals surface area contributed by atoms with Gasteiger partial charge in [-0.15, -0.1) is 10.2 Å². The van der Waals surface area contributed by atoms with Crippen LogP contribution in [0.15, 0.2) is 36.5 Å². The number of piperidine rings is 1. The van der Waals surface area contributed by atoms with E-state index in [2.05, 4.69) is 41.7 Å². The van der Waals surface area contributed by atoms with Crippen molar-refractivity contribution >= 4 is 45.4 Å². The predicted molar refractivity (Wildman–Crippen MR) is 166 cm³/mol. The van der Waals surface area contributed by atoms with E-state index < -0.39 is 23.5 Å². The molecule has 6 rings (SSSR count). The molecule has 5 aromatic rings. The van der Waals surface area contributed by atoms with E-state index >= 15 is 4.39 Å². The normalized spacial score (nSPS) is 13.6. The highest BCUT2D eigenvalue weighted by atomic mass is 19.1. The third kappa shape index (κ3) is 6.78.